The first-order valence-corrected chi connectivity index (χ1v) is 18.6. The molecule has 0 bridgehead atoms. The molecule has 0 aliphatic rings. The van der Waals surface area contributed by atoms with Crippen molar-refractivity contribution in [3.05, 3.63) is 194 Å². The predicted molar refractivity (Wildman–Crippen MR) is 229 cm³/mol. The molecule has 3 nitrogen and oxygen atoms in total. The van der Waals surface area contributed by atoms with E-state index in [1.54, 1.807) is 0 Å². The third-order valence-corrected chi connectivity index (χ3v) is 10.9. The van der Waals surface area contributed by atoms with Gasteiger partial charge in [-0.1, -0.05) is 158 Å². The van der Waals surface area contributed by atoms with E-state index in [4.69, 9.17) is 9.40 Å². The zero-order valence-electron chi connectivity index (χ0n) is 29.8. The van der Waals surface area contributed by atoms with E-state index in [9.17, 15) is 0 Å². The Morgan fingerprint density at radius 3 is 1.65 bits per heavy atom. The number of aromatic nitrogens is 2. The number of furan rings is 1. The van der Waals surface area contributed by atoms with Crippen molar-refractivity contribution in [2.75, 3.05) is 0 Å². The highest BCUT2D eigenvalue weighted by atomic mass is 16.3. The van der Waals surface area contributed by atoms with Gasteiger partial charge in [-0.2, -0.15) is 0 Å². The maximum Gasteiger partial charge on any atom is 0.136 e. The summed E-state index contributed by atoms with van der Waals surface area (Å²) in [5, 5.41) is 9.27. The molecule has 3 heterocycles. The molecule has 0 atom stereocenters. The number of benzene rings is 8. The van der Waals surface area contributed by atoms with E-state index >= 15 is 0 Å². The Morgan fingerprint density at radius 1 is 0.345 bits per heavy atom. The van der Waals surface area contributed by atoms with Crippen molar-refractivity contribution < 1.29 is 4.42 Å². The average Bonchev–Trinajstić information content (AvgIpc) is 3.75. The fourth-order valence-corrected chi connectivity index (χ4v) is 8.42. The van der Waals surface area contributed by atoms with Crippen molar-refractivity contribution in [1.29, 1.82) is 0 Å². The van der Waals surface area contributed by atoms with Gasteiger partial charge in [-0.15, -0.1) is 0 Å². The molecular weight excluding hydrogens is 669 g/mol. The first kappa shape index (κ1) is 31.2. The molecule has 0 unspecified atom stereocenters. The SMILES string of the molecule is c1ccc(-c2c3ccccc3c(-c3ccc(-c4cccc(-c5ccc(-c6ccc7ccc8cccnc8c7n6)c6ccccc56)c4)o3)c3ccccc23)cc1. The lowest BCUT2D eigenvalue weighted by atomic mass is 9.88. The summed E-state index contributed by atoms with van der Waals surface area (Å²) in [5.74, 6) is 1.69. The maximum absolute atomic E-state index is 6.83. The topological polar surface area (TPSA) is 38.9 Å². The third-order valence-electron chi connectivity index (χ3n) is 10.9. The summed E-state index contributed by atoms with van der Waals surface area (Å²) < 4.78 is 6.83. The zero-order chi connectivity index (χ0) is 36.3. The van der Waals surface area contributed by atoms with Gasteiger partial charge in [0, 0.05) is 33.7 Å². The Labute approximate surface area is 317 Å². The number of rotatable bonds is 5. The Morgan fingerprint density at radius 2 is 0.909 bits per heavy atom. The fraction of sp³-hybridized carbons (Fsp3) is 0. The van der Waals surface area contributed by atoms with Crippen molar-refractivity contribution in [2.45, 2.75) is 0 Å². The fourth-order valence-electron chi connectivity index (χ4n) is 8.42. The number of fused-ring (bicyclic) bond motifs is 6. The molecule has 0 radical (unpaired) electrons. The van der Waals surface area contributed by atoms with Crippen LogP contribution in [0.2, 0.25) is 0 Å². The van der Waals surface area contributed by atoms with E-state index < -0.39 is 0 Å². The molecule has 11 aromatic rings. The van der Waals surface area contributed by atoms with Gasteiger partial charge in [-0.3, -0.25) is 4.98 Å². The summed E-state index contributed by atoms with van der Waals surface area (Å²) in [6.45, 7) is 0. The second kappa shape index (κ2) is 12.6. The highest BCUT2D eigenvalue weighted by Gasteiger charge is 2.19. The Balaban J connectivity index is 1.01. The Hall–Kier alpha value is -7.36. The van der Waals surface area contributed by atoms with E-state index in [-0.39, 0.29) is 0 Å². The van der Waals surface area contributed by atoms with Gasteiger partial charge < -0.3 is 4.42 Å². The molecule has 0 aliphatic carbocycles. The van der Waals surface area contributed by atoms with Crippen molar-refractivity contribution in [3.8, 4) is 56.2 Å². The predicted octanol–water partition coefficient (Wildman–Crippen LogP) is 14.2. The molecule has 11 rings (SSSR count). The van der Waals surface area contributed by atoms with Crippen LogP contribution in [0.25, 0.3) is 110 Å². The highest BCUT2D eigenvalue weighted by molar-refractivity contribution is 6.21. The molecule has 0 saturated carbocycles. The lowest BCUT2D eigenvalue weighted by Crippen LogP contribution is -1.91. The van der Waals surface area contributed by atoms with Crippen molar-refractivity contribution >= 4 is 54.1 Å². The van der Waals surface area contributed by atoms with Crippen LogP contribution < -0.4 is 0 Å². The summed E-state index contributed by atoms with van der Waals surface area (Å²) in [7, 11) is 0. The summed E-state index contributed by atoms with van der Waals surface area (Å²) in [6.07, 6.45) is 1.84. The minimum atomic E-state index is 0.833. The minimum Gasteiger partial charge on any atom is -0.456 e. The van der Waals surface area contributed by atoms with Crippen LogP contribution in [0.1, 0.15) is 0 Å². The van der Waals surface area contributed by atoms with Gasteiger partial charge in [0.1, 0.15) is 11.5 Å². The van der Waals surface area contributed by atoms with Crippen molar-refractivity contribution in [3.63, 3.8) is 0 Å². The molecule has 3 heteroatoms. The molecule has 8 aromatic carbocycles. The number of pyridine rings is 2. The lowest BCUT2D eigenvalue weighted by molar-refractivity contribution is 0.598. The van der Waals surface area contributed by atoms with Crippen LogP contribution in [0.3, 0.4) is 0 Å². The smallest absolute Gasteiger partial charge is 0.136 e. The van der Waals surface area contributed by atoms with Crippen LogP contribution in [-0.4, -0.2) is 9.97 Å². The standard InChI is InChI=1S/C52H32N2O/c1-2-12-33(13-3-1)49-42-19-6-8-21-44(42)50(45-22-9-7-20-43(45)49)48-30-29-47(55-48)37-15-10-14-36(32-37)38-26-27-41(40-18-5-4-17-39(38)40)46-28-25-35-24-23-34-16-11-31-53-51(34)52(35)54-46/h1-32H. The summed E-state index contributed by atoms with van der Waals surface area (Å²) in [6, 6.07) is 66.6. The minimum absolute atomic E-state index is 0.833. The number of hydrogen-bond acceptors (Lipinski definition) is 3. The van der Waals surface area contributed by atoms with Crippen LogP contribution in [0.15, 0.2) is 199 Å². The first-order chi connectivity index (χ1) is 27.3. The molecule has 256 valence electrons. The molecule has 3 aromatic heterocycles. The first-order valence-electron chi connectivity index (χ1n) is 18.6. The molecule has 0 amide bonds. The van der Waals surface area contributed by atoms with Crippen molar-refractivity contribution in [2.24, 2.45) is 0 Å². The molecule has 0 fully saturated rings. The number of nitrogens with zero attached hydrogens (tertiary/aromatic N) is 2. The molecule has 0 saturated heterocycles. The third kappa shape index (κ3) is 5.13. The Kier molecular flexibility index (Phi) is 7.17. The van der Waals surface area contributed by atoms with Gasteiger partial charge in [0.2, 0.25) is 0 Å². The Bertz CT molecular complexity index is 3210. The average molecular weight is 701 g/mol. The van der Waals surface area contributed by atoms with E-state index in [0.717, 1.165) is 72.2 Å². The van der Waals surface area contributed by atoms with Gasteiger partial charge in [0.05, 0.1) is 16.7 Å². The van der Waals surface area contributed by atoms with Gasteiger partial charge in [-0.25, -0.2) is 4.98 Å². The molecular formula is C52H32N2O. The van der Waals surface area contributed by atoms with Gasteiger partial charge >= 0.3 is 0 Å². The van der Waals surface area contributed by atoms with E-state index in [1.165, 1.54) is 38.1 Å². The molecule has 55 heavy (non-hydrogen) atoms. The summed E-state index contributed by atoms with van der Waals surface area (Å²) in [4.78, 5) is 9.87. The monoisotopic (exact) mass is 700 g/mol. The van der Waals surface area contributed by atoms with Crippen molar-refractivity contribution in [1.82, 2.24) is 9.97 Å². The highest BCUT2D eigenvalue weighted by Crippen LogP contribution is 2.45. The number of hydrogen-bond donors (Lipinski definition) is 0. The van der Waals surface area contributed by atoms with Gasteiger partial charge in [-0.05, 0) is 84.9 Å². The lowest BCUT2D eigenvalue weighted by Gasteiger charge is -2.16. The van der Waals surface area contributed by atoms with E-state index in [2.05, 4.69) is 187 Å². The largest absolute Gasteiger partial charge is 0.456 e. The summed E-state index contributed by atoms with van der Waals surface area (Å²) in [5.41, 5.74) is 10.8. The van der Waals surface area contributed by atoms with Crippen LogP contribution in [0, 0.1) is 0 Å². The van der Waals surface area contributed by atoms with Crippen LogP contribution in [0.5, 0.6) is 0 Å². The quantitative estimate of drug-likeness (QED) is 0.133. The van der Waals surface area contributed by atoms with Gasteiger partial charge in [0.15, 0.2) is 0 Å². The maximum atomic E-state index is 6.83. The van der Waals surface area contributed by atoms with Crippen LogP contribution in [-0.2, 0) is 0 Å². The molecule has 0 spiro atoms. The van der Waals surface area contributed by atoms with Crippen LogP contribution >= 0.6 is 0 Å². The second-order valence-corrected chi connectivity index (χ2v) is 14.1. The second-order valence-electron chi connectivity index (χ2n) is 14.1. The zero-order valence-corrected chi connectivity index (χ0v) is 29.8. The van der Waals surface area contributed by atoms with Crippen LogP contribution in [0.4, 0.5) is 0 Å². The molecule has 0 aliphatic heterocycles. The van der Waals surface area contributed by atoms with Gasteiger partial charge in [0.25, 0.3) is 0 Å². The van der Waals surface area contributed by atoms with E-state index in [1.807, 2.05) is 12.3 Å². The normalized spacial score (nSPS) is 11.6. The summed E-state index contributed by atoms with van der Waals surface area (Å²) >= 11 is 0. The van der Waals surface area contributed by atoms with E-state index in [0.29, 0.717) is 0 Å². The molecule has 0 N–H and O–H groups in total.